The van der Waals surface area contributed by atoms with Crippen LogP contribution >= 0.6 is 0 Å². The smallest absolute Gasteiger partial charge is 0.266 e. The third-order valence-electron chi connectivity index (χ3n) is 5.37. The number of allylic oxidation sites excluding steroid dienone is 3. The minimum absolute atomic E-state index is 0.407. The molecule has 0 radical (unpaired) electrons. The van der Waals surface area contributed by atoms with Gasteiger partial charge in [-0.3, -0.25) is 0 Å². The van der Waals surface area contributed by atoms with E-state index in [1.54, 1.807) is 0 Å². The summed E-state index contributed by atoms with van der Waals surface area (Å²) in [4.78, 5) is 0. The Morgan fingerprint density at radius 3 is 2.33 bits per heavy atom. The third-order valence-corrected chi connectivity index (χ3v) is 5.37. The van der Waals surface area contributed by atoms with Crippen LogP contribution < -0.4 is 0 Å². The maximum absolute atomic E-state index is 12.2. The molecule has 1 aromatic carbocycles. The first-order valence-electron chi connectivity index (χ1n) is 9.12. The first-order chi connectivity index (χ1) is 11.7. The molecule has 2 aliphatic rings. The highest BCUT2D eigenvalue weighted by atomic mass is 19.3. The molecule has 24 heavy (non-hydrogen) atoms. The highest BCUT2D eigenvalue weighted by Crippen LogP contribution is 2.41. The van der Waals surface area contributed by atoms with Crippen LogP contribution in [0.4, 0.5) is 8.78 Å². The summed E-state index contributed by atoms with van der Waals surface area (Å²) in [5, 5.41) is 0. The lowest BCUT2D eigenvalue weighted by Gasteiger charge is -2.33. The Labute approximate surface area is 143 Å². The maximum atomic E-state index is 12.2. The van der Waals surface area contributed by atoms with Crippen LogP contribution in [0.2, 0.25) is 0 Å². The van der Waals surface area contributed by atoms with Gasteiger partial charge >= 0.3 is 0 Å². The van der Waals surface area contributed by atoms with Gasteiger partial charge in [-0.15, -0.1) is 0 Å². The van der Waals surface area contributed by atoms with Gasteiger partial charge in [0, 0.05) is 5.92 Å². The van der Waals surface area contributed by atoms with Gasteiger partial charge in [0.15, 0.2) is 0 Å². The van der Waals surface area contributed by atoms with E-state index in [4.69, 9.17) is 4.74 Å². The van der Waals surface area contributed by atoms with Gasteiger partial charge in [-0.25, -0.2) is 0 Å². The fraction of sp³-hybridized carbons (Fsp3) is 0.524. The molecule has 0 saturated heterocycles. The molecule has 0 aromatic heterocycles. The number of hydrogen-bond acceptors (Lipinski definition) is 1. The van der Waals surface area contributed by atoms with Gasteiger partial charge in [0.1, 0.15) is 6.61 Å². The van der Waals surface area contributed by atoms with Crippen LogP contribution in [0, 0.1) is 11.8 Å². The fourth-order valence-electron chi connectivity index (χ4n) is 3.76. The molecule has 2 saturated carbocycles. The predicted octanol–water partition coefficient (Wildman–Crippen LogP) is 6.62. The van der Waals surface area contributed by atoms with Crippen molar-refractivity contribution in [1.29, 1.82) is 0 Å². The second-order valence-corrected chi connectivity index (χ2v) is 7.04. The molecule has 1 nitrogen and oxygen atoms in total. The van der Waals surface area contributed by atoms with Crippen molar-refractivity contribution in [2.24, 2.45) is 11.8 Å². The second kappa shape index (κ2) is 8.46. The van der Waals surface area contributed by atoms with E-state index in [-0.39, 0.29) is 0 Å². The van der Waals surface area contributed by atoms with E-state index in [2.05, 4.69) is 12.1 Å². The third kappa shape index (κ3) is 4.68. The van der Waals surface area contributed by atoms with Gasteiger partial charge in [-0.2, -0.15) is 8.78 Å². The van der Waals surface area contributed by atoms with Gasteiger partial charge in [0.05, 0.1) is 5.76 Å². The average molecular weight is 332 g/mol. The van der Waals surface area contributed by atoms with Crippen molar-refractivity contribution in [3.8, 4) is 0 Å². The minimum atomic E-state index is -1.54. The monoisotopic (exact) mass is 332 g/mol. The molecule has 0 heterocycles. The Bertz CT molecular complexity index is 573. The number of ether oxygens (including phenoxy) is 1. The van der Waals surface area contributed by atoms with Crippen LogP contribution in [0.15, 0.2) is 53.8 Å². The number of benzene rings is 1. The van der Waals surface area contributed by atoms with Gasteiger partial charge in [-0.1, -0.05) is 30.3 Å². The van der Waals surface area contributed by atoms with Gasteiger partial charge in [0.2, 0.25) is 0 Å². The summed E-state index contributed by atoms with van der Waals surface area (Å²) >= 11 is 0. The number of halogens is 2. The SMILES string of the molecule is FC(F)=CCC1CCC(C(OCc2ccccc2)=C2CCC2)CC1. The molecule has 0 unspecified atom stereocenters. The molecule has 0 amide bonds. The highest BCUT2D eigenvalue weighted by molar-refractivity contribution is 5.19. The molecule has 3 rings (SSSR count). The number of rotatable bonds is 6. The second-order valence-electron chi connectivity index (χ2n) is 7.04. The van der Waals surface area contributed by atoms with Crippen molar-refractivity contribution >= 4 is 0 Å². The molecule has 1 aromatic rings. The summed E-state index contributed by atoms with van der Waals surface area (Å²) < 4.78 is 30.8. The normalized spacial score (nSPS) is 23.3. The maximum Gasteiger partial charge on any atom is 0.266 e. The molecule has 2 fully saturated rings. The van der Waals surface area contributed by atoms with Crippen LogP contribution in [-0.2, 0) is 11.3 Å². The topological polar surface area (TPSA) is 9.23 Å². The summed E-state index contributed by atoms with van der Waals surface area (Å²) in [5.41, 5.74) is 2.69. The molecule has 130 valence electrons. The first kappa shape index (κ1) is 17.2. The Hall–Kier alpha value is -1.64. The van der Waals surface area contributed by atoms with Crippen LogP contribution in [0.25, 0.3) is 0 Å². The predicted molar refractivity (Wildman–Crippen MR) is 92.5 cm³/mol. The molecule has 0 N–H and O–H groups in total. The molecule has 0 atom stereocenters. The molecule has 0 aliphatic heterocycles. The largest absolute Gasteiger partial charge is 0.493 e. The van der Waals surface area contributed by atoms with Crippen molar-refractivity contribution in [1.82, 2.24) is 0 Å². The lowest BCUT2D eigenvalue weighted by molar-refractivity contribution is 0.131. The van der Waals surface area contributed by atoms with E-state index in [0.717, 1.165) is 31.8 Å². The van der Waals surface area contributed by atoms with Crippen molar-refractivity contribution in [3.05, 3.63) is 59.4 Å². The van der Waals surface area contributed by atoms with E-state index < -0.39 is 6.08 Å². The van der Waals surface area contributed by atoms with Crippen LogP contribution in [0.5, 0.6) is 0 Å². The van der Waals surface area contributed by atoms with Crippen LogP contribution in [-0.4, -0.2) is 0 Å². The van der Waals surface area contributed by atoms with Crippen molar-refractivity contribution < 1.29 is 13.5 Å². The summed E-state index contributed by atoms with van der Waals surface area (Å²) in [7, 11) is 0. The van der Waals surface area contributed by atoms with Crippen LogP contribution in [0.1, 0.15) is 56.9 Å². The zero-order valence-electron chi connectivity index (χ0n) is 14.1. The quantitative estimate of drug-likeness (QED) is 0.532. The minimum Gasteiger partial charge on any atom is -0.493 e. The van der Waals surface area contributed by atoms with E-state index in [0.29, 0.717) is 24.9 Å². The summed E-state index contributed by atoms with van der Waals surface area (Å²) in [6.07, 6.45) is 7.86. The van der Waals surface area contributed by atoms with Crippen molar-refractivity contribution in [2.45, 2.75) is 58.0 Å². The highest BCUT2D eigenvalue weighted by Gasteiger charge is 2.28. The number of hydrogen-bond donors (Lipinski definition) is 0. The van der Waals surface area contributed by atoms with Crippen molar-refractivity contribution in [2.75, 3.05) is 0 Å². The average Bonchev–Trinajstić information content (AvgIpc) is 2.56. The van der Waals surface area contributed by atoms with Gasteiger partial charge in [0.25, 0.3) is 6.08 Å². The van der Waals surface area contributed by atoms with Crippen molar-refractivity contribution in [3.63, 3.8) is 0 Å². The molecular formula is C21H26F2O. The van der Waals surface area contributed by atoms with E-state index >= 15 is 0 Å². The Morgan fingerprint density at radius 1 is 1.04 bits per heavy atom. The standard InChI is InChI=1S/C21H26F2O/c22-20(23)14-11-16-9-12-19(13-10-16)21(18-7-4-8-18)24-15-17-5-2-1-3-6-17/h1-3,5-6,14,16,19H,4,7-13,15H2. The Morgan fingerprint density at radius 2 is 1.75 bits per heavy atom. The molecule has 3 heteroatoms. The Balaban J connectivity index is 1.57. The molecule has 0 bridgehead atoms. The van der Waals surface area contributed by atoms with Crippen LogP contribution in [0.3, 0.4) is 0 Å². The lowest BCUT2D eigenvalue weighted by atomic mass is 9.77. The van der Waals surface area contributed by atoms with E-state index in [9.17, 15) is 8.78 Å². The zero-order valence-corrected chi connectivity index (χ0v) is 14.1. The molecule has 2 aliphatic carbocycles. The van der Waals surface area contributed by atoms with Gasteiger partial charge < -0.3 is 4.74 Å². The molecular weight excluding hydrogens is 306 g/mol. The van der Waals surface area contributed by atoms with E-state index in [1.807, 2.05) is 18.2 Å². The van der Waals surface area contributed by atoms with E-state index in [1.165, 1.54) is 36.2 Å². The zero-order chi connectivity index (χ0) is 16.8. The fourth-order valence-corrected chi connectivity index (χ4v) is 3.76. The lowest BCUT2D eigenvalue weighted by Crippen LogP contribution is -2.20. The first-order valence-corrected chi connectivity index (χ1v) is 9.12. The summed E-state index contributed by atoms with van der Waals surface area (Å²) in [6.45, 7) is 0.634. The van der Waals surface area contributed by atoms with Gasteiger partial charge in [-0.05, 0) is 74.5 Å². The molecule has 0 spiro atoms. The Kier molecular flexibility index (Phi) is 6.06. The summed E-state index contributed by atoms with van der Waals surface area (Å²) in [5.74, 6) is 2.11. The summed E-state index contributed by atoms with van der Waals surface area (Å²) in [6, 6.07) is 10.3.